The standard InChI is InChI=1S/C28H29FN2O4/c1-5-30(6-2)28(32)35-26-12-11-25-24(27(26)20-7-9-21(29)10-8-20)13-14-31(25)18-19-15-22(33-3)17-23(16-19)34-4/h7-17H,5-6,18H2,1-4H3. The first-order valence-electron chi connectivity index (χ1n) is 11.5. The van der Waals surface area contributed by atoms with Crippen LogP contribution in [0.2, 0.25) is 0 Å². The van der Waals surface area contributed by atoms with Crippen molar-refractivity contribution in [2.75, 3.05) is 27.3 Å². The third-order valence-electron chi connectivity index (χ3n) is 6.03. The molecule has 0 aliphatic heterocycles. The maximum Gasteiger partial charge on any atom is 0.415 e. The van der Waals surface area contributed by atoms with Gasteiger partial charge in [-0.2, -0.15) is 0 Å². The second-order valence-electron chi connectivity index (χ2n) is 8.08. The number of carbonyl (C=O) groups is 1. The van der Waals surface area contributed by atoms with Crippen LogP contribution in [0.3, 0.4) is 0 Å². The van der Waals surface area contributed by atoms with Gasteiger partial charge in [0.1, 0.15) is 23.1 Å². The van der Waals surface area contributed by atoms with Crippen molar-refractivity contribution >= 4 is 17.0 Å². The average molecular weight is 477 g/mol. The van der Waals surface area contributed by atoms with Crippen LogP contribution in [0.15, 0.2) is 66.9 Å². The van der Waals surface area contributed by atoms with Gasteiger partial charge in [0.2, 0.25) is 0 Å². The Kier molecular flexibility index (Phi) is 7.25. The van der Waals surface area contributed by atoms with E-state index in [1.54, 1.807) is 37.3 Å². The summed E-state index contributed by atoms with van der Waals surface area (Å²) in [5, 5.41) is 0.899. The molecule has 0 fully saturated rings. The molecule has 1 heterocycles. The number of hydrogen-bond acceptors (Lipinski definition) is 4. The minimum absolute atomic E-state index is 0.327. The number of fused-ring (bicyclic) bond motifs is 1. The summed E-state index contributed by atoms with van der Waals surface area (Å²) in [5.41, 5.74) is 3.47. The lowest BCUT2D eigenvalue weighted by atomic mass is 10.0. The lowest BCUT2D eigenvalue weighted by Crippen LogP contribution is -2.33. The fourth-order valence-electron chi connectivity index (χ4n) is 4.18. The summed E-state index contributed by atoms with van der Waals surface area (Å²) in [4.78, 5) is 14.3. The number of hydrogen-bond donors (Lipinski definition) is 0. The van der Waals surface area contributed by atoms with E-state index in [2.05, 4.69) is 4.57 Å². The van der Waals surface area contributed by atoms with Gasteiger partial charge < -0.3 is 23.7 Å². The van der Waals surface area contributed by atoms with Gasteiger partial charge in [-0.15, -0.1) is 0 Å². The van der Waals surface area contributed by atoms with Crippen molar-refractivity contribution in [1.29, 1.82) is 0 Å². The summed E-state index contributed by atoms with van der Waals surface area (Å²) in [6, 6.07) is 17.7. The summed E-state index contributed by atoms with van der Waals surface area (Å²) >= 11 is 0. The molecule has 35 heavy (non-hydrogen) atoms. The van der Waals surface area contributed by atoms with E-state index in [1.165, 1.54) is 12.1 Å². The number of nitrogens with zero attached hydrogens (tertiary/aromatic N) is 2. The highest BCUT2D eigenvalue weighted by molar-refractivity contribution is 5.99. The molecule has 0 aliphatic carbocycles. The second-order valence-corrected chi connectivity index (χ2v) is 8.08. The summed E-state index contributed by atoms with van der Waals surface area (Å²) in [7, 11) is 3.25. The smallest absolute Gasteiger partial charge is 0.415 e. The zero-order chi connectivity index (χ0) is 24.9. The van der Waals surface area contributed by atoms with Crippen LogP contribution in [-0.2, 0) is 6.54 Å². The van der Waals surface area contributed by atoms with E-state index in [0.29, 0.717) is 36.9 Å². The van der Waals surface area contributed by atoms with Crippen molar-refractivity contribution in [3.8, 4) is 28.4 Å². The lowest BCUT2D eigenvalue weighted by molar-refractivity contribution is 0.157. The molecule has 0 unspecified atom stereocenters. The molecule has 6 nitrogen and oxygen atoms in total. The number of aromatic nitrogens is 1. The molecule has 1 amide bonds. The van der Waals surface area contributed by atoms with Gasteiger partial charge >= 0.3 is 6.09 Å². The van der Waals surface area contributed by atoms with E-state index in [9.17, 15) is 9.18 Å². The summed E-state index contributed by atoms with van der Waals surface area (Å²) in [6.45, 7) is 5.48. The van der Waals surface area contributed by atoms with Crippen LogP contribution < -0.4 is 14.2 Å². The van der Waals surface area contributed by atoms with E-state index in [4.69, 9.17) is 14.2 Å². The number of halogens is 1. The van der Waals surface area contributed by atoms with Crippen molar-refractivity contribution in [3.63, 3.8) is 0 Å². The van der Waals surface area contributed by atoms with Gasteiger partial charge in [-0.3, -0.25) is 0 Å². The second kappa shape index (κ2) is 10.5. The van der Waals surface area contributed by atoms with Gasteiger partial charge in [0.15, 0.2) is 0 Å². The van der Waals surface area contributed by atoms with Gasteiger partial charge in [-0.25, -0.2) is 9.18 Å². The molecule has 0 radical (unpaired) electrons. The maximum atomic E-state index is 13.7. The Morgan fingerprint density at radius 2 is 1.57 bits per heavy atom. The molecule has 0 N–H and O–H groups in total. The Bertz CT molecular complexity index is 1300. The molecule has 0 spiro atoms. The Hall–Kier alpha value is -4.00. The highest BCUT2D eigenvalue weighted by Crippen LogP contribution is 2.38. The summed E-state index contributed by atoms with van der Waals surface area (Å²) in [6.07, 6.45) is 1.57. The number of methoxy groups -OCH3 is 2. The van der Waals surface area contributed by atoms with Crippen molar-refractivity contribution in [3.05, 3.63) is 78.2 Å². The largest absolute Gasteiger partial charge is 0.497 e. The Morgan fingerprint density at radius 1 is 0.914 bits per heavy atom. The first kappa shape index (κ1) is 24.1. The molecule has 3 aromatic carbocycles. The molecule has 0 aliphatic rings. The fourth-order valence-corrected chi connectivity index (χ4v) is 4.18. The van der Waals surface area contributed by atoms with Crippen molar-refractivity contribution in [2.24, 2.45) is 0 Å². The lowest BCUT2D eigenvalue weighted by Gasteiger charge is -2.20. The average Bonchev–Trinajstić information content (AvgIpc) is 3.27. The van der Waals surface area contributed by atoms with Gasteiger partial charge in [-0.1, -0.05) is 12.1 Å². The van der Waals surface area contributed by atoms with Gasteiger partial charge in [-0.05, 0) is 67.4 Å². The van der Waals surface area contributed by atoms with Crippen LogP contribution in [0, 0.1) is 5.82 Å². The van der Waals surface area contributed by atoms with Crippen LogP contribution >= 0.6 is 0 Å². The molecule has 0 bridgehead atoms. The highest BCUT2D eigenvalue weighted by Gasteiger charge is 2.19. The normalized spacial score (nSPS) is 10.9. The molecule has 4 rings (SSSR count). The molecule has 0 saturated carbocycles. The van der Waals surface area contributed by atoms with Gasteiger partial charge in [0.25, 0.3) is 0 Å². The SMILES string of the molecule is CCN(CC)C(=O)Oc1ccc2c(ccn2Cc2cc(OC)cc(OC)c2)c1-c1ccc(F)cc1. The molecule has 0 saturated heterocycles. The van der Waals surface area contributed by atoms with E-state index >= 15 is 0 Å². The Labute approximate surface area is 204 Å². The quantitative estimate of drug-likeness (QED) is 0.297. The number of carbonyl (C=O) groups excluding carboxylic acids is 1. The third kappa shape index (κ3) is 5.09. The van der Waals surface area contributed by atoms with Crippen molar-refractivity contribution in [2.45, 2.75) is 20.4 Å². The third-order valence-corrected chi connectivity index (χ3v) is 6.03. The van der Waals surface area contributed by atoms with E-state index in [-0.39, 0.29) is 5.82 Å². The molecular formula is C28H29FN2O4. The molecular weight excluding hydrogens is 447 g/mol. The minimum Gasteiger partial charge on any atom is -0.497 e. The van der Waals surface area contributed by atoms with Gasteiger partial charge in [0.05, 0.1) is 14.2 Å². The number of benzene rings is 3. The summed E-state index contributed by atoms with van der Waals surface area (Å²) < 4.78 is 32.4. The Balaban J connectivity index is 1.80. The van der Waals surface area contributed by atoms with Crippen LogP contribution in [0.1, 0.15) is 19.4 Å². The minimum atomic E-state index is -0.416. The van der Waals surface area contributed by atoms with Crippen molar-refractivity contribution < 1.29 is 23.4 Å². The first-order valence-corrected chi connectivity index (χ1v) is 11.5. The Morgan fingerprint density at radius 3 is 2.17 bits per heavy atom. The van der Waals surface area contributed by atoms with Crippen LogP contribution in [0.5, 0.6) is 17.2 Å². The van der Waals surface area contributed by atoms with Crippen LogP contribution in [0.4, 0.5) is 9.18 Å². The van der Waals surface area contributed by atoms with Gasteiger partial charge in [0, 0.05) is 48.4 Å². The maximum absolute atomic E-state index is 13.7. The number of amides is 1. The summed E-state index contributed by atoms with van der Waals surface area (Å²) in [5.74, 6) is 1.54. The van der Waals surface area contributed by atoms with E-state index < -0.39 is 6.09 Å². The molecule has 4 aromatic rings. The van der Waals surface area contributed by atoms with E-state index in [0.717, 1.165) is 27.6 Å². The predicted molar refractivity (Wildman–Crippen MR) is 135 cm³/mol. The molecule has 7 heteroatoms. The number of ether oxygens (including phenoxy) is 3. The first-order chi connectivity index (χ1) is 17.0. The van der Waals surface area contributed by atoms with E-state index in [1.807, 2.05) is 50.4 Å². The predicted octanol–water partition coefficient (Wildman–Crippen LogP) is 6.35. The fraction of sp³-hybridized carbons (Fsp3) is 0.250. The molecule has 0 atom stereocenters. The highest BCUT2D eigenvalue weighted by atomic mass is 19.1. The monoisotopic (exact) mass is 476 g/mol. The zero-order valence-corrected chi connectivity index (χ0v) is 20.4. The number of rotatable bonds is 8. The van der Waals surface area contributed by atoms with Crippen LogP contribution in [-0.4, -0.2) is 42.9 Å². The zero-order valence-electron chi connectivity index (χ0n) is 20.4. The molecule has 182 valence electrons. The van der Waals surface area contributed by atoms with Crippen molar-refractivity contribution in [1.82, 2.24) is 9.47 Å². The molecule has 1 aromatic heterocycles. The van der Waals surface area contributed by atoms with Crippen LogP contribution in [0.25, 0.3) is 22.0 Å². The topological polar surface area (TPSA) is 52.9 Å².